The number of esters is 1. The SMILES string of the molecule is CCOC(=O)c1noc(C(C)(C)c2ccccc2)n1. The first-order valence-corrected chi connectivity index (χ1v) is 6.12. The summed E-state index contributed by atoms with van der Waals surface area (Å²) in [5, 5.41) is 3.67. The van der Waals surface area contributed by atoms with Gasteiger partial charge in [-0.2, -0.15) is 4.98 Å². The Morgan fingerprint density at radius 2 is 2.00 bits per heavy atom. The van der Waals surface area contributed by atoms with E-state index >= 15 is 0 Å². The Morgan fingerprint density at radius 3 is 2.63 bits per heavy atom. The van der Waals surface area contributed by atoms with Crippen LogP contribution in [0.3, 0.4) is 0 Å². The molecule has 19 heavy (non-hydrogen) atoms. The highest BCUT2D eigenvalue weighted by molar-refractivity contribution is 5.84. The number of rotatable bonds is 4. The van der Waals surface area contributed by atoms with Gasteiger partial charge in [0.25, 0.3) is 5.82 Å². The van der Waals surface area contributed by atoms with Crippen LogP contribution in [0, 0.1) is 0 Å². The summed E-state index contributed by atoms with van der Waals surface area (Å²) in [7, 11) is 0. The molecule has 100 valence electrons. The van der Waals surface area contributed by atoms with E-state index in [0.29, 0.717) is 5.89 Å². The van der Waals surface area contributed by atoms with Gasteiger partial charge in [-0.05, 0) is 31.5 Å². The van der Waals surface area contributed by atoms with Crippen molar-refractivity contribution in [2.45, 2.75) is 26.2 Å². The molecule has 0 amide bonds. The Morgan fingerprint density at radius 1 is 1.32 bits per heavy atom. The standard InChI is InChI=1S/C14H16N2O3/c1-4-18-12(17)11-15-13(19-16-11)14(2,3)10-8-6-5-7-9-10/h5-9H,4H2,1-3H3. The van der Waals surface area contributed by atoms with E-state index in [0.717, 1.165) is 5.56 Å². The van der Waals surface area contributed by atoms with Crippen molar-refractivity contribution in [3.05, 3.63) is 47.6 Å². The second kappa shape index (κ2) is 5.22. The largest absolute Gasteiger partial charge is 0.460 e. The molecule has 2 aromatic rings. The van der Waals surface area contributed by atoms with Crippen LogP contribution in [0.25, 0.3) is 0 Å². The van der Waals surface area contributed by atoms with Crippen LogP contribution >= 0.6 is 0 Å². The van der Waals surface area contributed by atoms with Crippen LogP contribution in [-0.2, 0) is 10.2 Å². The third-order valence-corrected chi connectivity index (χ3v) is 2.91. The van der Waals surface area contributed by atoms with Gasteiger partial charge in [-0.15, -0.1) is 0 Å². The van der Waals surface area contributed by atoms with E-state index in [9.17, 15) is 4.79 Å². The first kappa shape index (κ1) is 13.3. The molecule has 0 fully saturated rings. The zero-order valence-corrected chi connectivity index (χ0v) is 11.2. The molecule has 1 aromatic carbocycles. The minimum absolute atomic E-state index is 0.0409. The fraction of sp³-hybridized carbons (Fsp3) is 0.357. The lowest BCUT2D eigenvalue weighted by molar-refractivity contribution is 0.0508. The number of carbonyl (C=O) groups is 1. The molecule has 0 atom stereocenters. The Labute approximate surface area is 111 Å². The third kappa shape index (κ3) is 2.65. The number of aromatic nitrogens is 2. The van der Waals surface area contributed by atoms with Gasteiger partial charge in [0.1, 0.15) is 0 Å². The van der Waals surface area contributed by atoms with Crippen molar-refractivity contribution < 1.29 is 14.1 Å². The molecule has 1 heterocycles. The average Bonchev–Trinajstić information content (AvgIpc) is 2.90. The molecule has 5 heteroatoms. The van der Waals surface area contributed by atoms with Gasteiger partial charge in [-0.1, -0.05) is 30.3 Å². The molecule has 0 saturated carbocycles. The van der Waals surface area contributed by atoms with Crippen molar-refractivity contribution in [1.82, 2.24) is 10.1 Å². The lowest BCUT2D eigenvalue weighted by atomic mass is 9.84. The van der Waals surface area contributed by atoms with Gasteiger partial charge >= 0.3 is 5.97 Å². The quantitative estimate of drug-likeness (QED) is 0.790. The van der Waals surface area contributed by atoms with E-state index in [1.807, 2.05) is 44.2 Å². The summed E-state index contributed by atoms with van der Waals surface area (Å²) in [6, 6.07) is 9.79. The van der Waals surface area contributed by atoms with E-state index in [2.05, 4.69) is 10.1 Å². The van der Waals surface area contributed by atoms with Crippen molar-refractivity contribution in [1.29, 1.82) is 0 Å². The zero-order chi connectivity index (χ0) is 13.9. The molecule has 0 bridgehead atoms. The lowest BCUT2D eigenvalue weighted by Gasteiger charge is -2.19. The van der Waals surface area contributed by atoms with Gasteiger partial charge in [-0.3, -0.25) is 0 Å². The van der Waals surface area contributed by atoms with Gasteiger partial charge in [0, 0.05) is 0 Å². The fourth-order valence-electron chi connectivity index (χ4n) is 1.73. The summed E-state index contributed by atoms with van der Waals surface area (Å²) >= 11 is 0. The predicted octanol–water partition coefficient (Wildman–Crippen LogP) is 2.57. The highest BCUT2D eigenvalue weighted by Crippen LogP contribution is 2.29. The molecular weight excluding hydrogens is 244 g/mol. The smallest absolute Gasteiger partial charge is 0.379 e. The topological polar surface area (TPSA) is 65.2 Å². The Kier molecular flexibility index (Phi) is 3.64. The minimum atomic E-state index is -0.568. The summed E-state index contributed by atoms with van der Waals surface area (Å²) in [4.78, 5) is 15.6. The van der Waals surface area contributed by atoms with Gasteiger partial charge in [0.15, 0.2) is 0 Å². The maximum absolute atomic E-state index is 11.5. The maximum Gasteiger partial charge on any atom is 0.379 e. The van der Waals surface area contributed by atoms with E-state index < -0.39 is 11.4 Å². The van der Waals surface area contributed by atoms with E-state index in [1.54, 1.807) is 6.92 Å². The number of nitrogens with zero attached hydrogens (tertiary/aromatic N) is 2. The average molecular weight is 260 g/mol. The molecule has 0 N–H and O–H groups in total. The molecule has 5 nitrogen and oxygen atoms in total. The van der Waals surface area contributed by atoms with Gasteiger partial charge in [0.2, 0.25) is 5.89 Å². The lowest BCUT2D eigenvalue weighted by Crippen LogP contribution is -2.19. The second-order valence-electron chi connectivity index (χ2n) is 4.63. The molecule has 0 saturated heterocycles. The number of hydrogen-bond donors (Lipinski definition) is 0. The Balaban J connectivity index is 2.29. The first-order valence-electron chi connectivity index (χ1n) is 6.12. The predicted molar refractivity (Wildman–Crippen MR) is 68.8 cm³/mol. The summed E-state index contributed by atoms with van der Waals surface area (Å²) in [5.41, 5.74) is 0.577. The summed E-state index contributed by atoms with van der Waals surface area (Å²) in [6.07, 6.45) is 0. The molecule has 0 spiro atoms. The van der Waals surface area contributed by atoms with Gasteiger partial charge in [-0.25, -0.2) is 4.79 Å². The van der Waals surface area contributed by atoms with Crippen molar-refractivity contribution in [3.8, 4) is 0 Å². The fourth-order valence-corrected chi connectivity index (χ4v) is 1.73. The van der Waals surface area contributed by atoms with Crippen LogP contribution in [0.1, 0.15) is 42.8 Å². The van der Waals surface area contributed by atoms with Crippen LogP contribution in [0.4, 0.5) is 0 Å². The van der Waals surface area contributed by atoms with Crippen molar-refractivity contribution in [2.75, 3.05) is 6.61 Å². The highest BCUT2D eigenvalue weighted by atomic mass is 16.5. The van der Waals surface area contributed by atoms with Gasteiger partial charge < -0.3 is 9.26 Å². The molecule has 2 rings (SSSR count). The molecular formula is C14H16N2O3. The summed E-state index contributed by atoms with van der Waals surface area (Å²) < 4.78 is 10.0. The van der Waals surface area contributed by atoms with Crippen LogP contribution in [0.5, 0.6) is 0 Å². The number of hydrogen-bond acceptors (Lipinski definition) is 5. The molecule has 0 radical (unpaired) electrons. The van der Waals surface area contributed by atoms with Crippen molar-refractivity contribution in [2.24, 2.45) is 0 Å². The van der Waals surface area contributed by atoms with Crippen LogP contribution in [0.15, 0.2) is 34.9 Å². The van der Waals surface area contributed by atoms with Crippen LogP contribution in [0.2, 0.25) is 0 Å². The zero-order valence-electron chi connectivity index (χ0n) is 11.2. The van der Waals surface area contributed by atoms with Crippen molar-refractivity contribution in [3.63, 3.8) is 0 Å². The summed E-state index contributed by atoms with van der Waals surface area (Å²) in [6.45, 7) is 5.94. The molecule has 0 aliphatic heterocycles. The molecule has 1 aromatic heterocycles. The monoisotopic (exact) mass is 260 g/mol. The number of carbonyl (C=O) groups excluding carboxylic acids is 1. The van der Waals surface area contributed by atoms with E-state index in [-0.39, 0.29) is 12.4 Å². The summed E-state index contributed by atoms with van der Waals surface area (Å²) in [5.74, 6) is -0.219. The second-order valence-corrected chi connectivity index (χ2v) is 4.63. The highest BCUT2D eigenvalue weighted by Gasteiger charge is 2.31. The van der Waals surface area contributed by atoms with E-state index in [1.165, 1.54) is 0 Å². The normalized spacial score (nSPS) is 11.3. The van der Waals surface area contributed by atoms with Crippen LogP contribution < -0.4 is 0 Å². The maximum atomic E-state index is 11.5. The molecule has 0 aliphatic rings. The Bertz CT molecular complexity index is 561. The molecule has 0 aliphatic carbocycles. The Hall–Kier alpha value is -2.17. The van der Waals surface area contributed by atoms with Crippen molar-refractivity contribution >= 4 is 5.97 Å². The minimum Gasteiger partial charge on any atom is -0.460 e. The number of benzene rings is 1. The first-order chi connectivity index (χ1) is 9.05. The number of ether oxygens (including phenoxy) is 1. The molecule has 0 unspecified atom stereocenters. The third-order valence-electron chi connectivity index (χ3n) is 2.91. The van der Waals surface area contributed by atoms with E-state index in [4.69, 9.17) is 9.26 Å². The van der Waals surface area contributed by atoms with Gasteiger partial charge in [0.05, 0.1) is 12.0 Å². The van der Waals surface area contributed by atoms with Crippen LogP contribution in [-0.4, -0.2) is 22.7 Å².